The Morgan fingerprint density at radius 3 is 2.35 bits per heavy atom. The summed E-state index contributed by atoms with van der Waals surface area (Å²) in [4.78, 5) is 17.5. The predicted octanol–water partition coefficient (Wildman–Crippen LogP) is 4.63. The van der Waals surface area contributed by atoms with Crippen molar-refractivity contribution < 1.29 is 17.9 Å². The van der Waals surface area contributed by atoms with Crippen molar-refractivity contribution in [2.45, 2.75) is 17.2 Å². The Morgan fingerprint density at radius 2 is 1.59 bits per heavy atom. The van der Waals surface area contributed by atoms with E-state index in [1.165, 1.54) is 0 Å². The van der Waals surface area contributed by atoms with Crippen molar-refractivity contribution in [3.8, 4) is 5.75 Å². The highest BCUT2D eigenvalue weighted by Crippen LogP contribution is 2.31. The molecule has 0 aliphatic carbocycles. The largest absolute Gasteiger partial charge is 0.495 e. The first kappa shape index (κ1) is 25.2. The number of hydrogen-bond donors (Lipinski definition) is 0. The molecule has 0 unspecified atom stereocenters. The predicted molar refractivity (Wildman–Crippen MR) is 146 cm³/mol. The maximum atomic E-state index is 13.4. The number of ether oxygens (including phenoxy) is 1. The first-order valence-corrected chi connectivity index (χ1v) is 14.1. The molecule has 1 amide bonds. The van der Waals surface area contributed by atoms with Crippen LogP contribution < -0.4 is 9.64 Å². The number of amides is 1. The standard InChI is InChI=1S/C28H28ClN3O4S/c1-36-26-13-7-6-12-25(26)30-14-16-31(17-15-30)28(33)19-32-18-27(22-9-3-5-11-24(22)32)37(34,35)20-21-8-2-4-10-23(21)29/h2-13,18H,14-17,19-20H2,1H3. The normalized spacial score (nSPS) is 14.2. The minimum absolute atomic E-state index is 0.0459. The lowest BCUT2D eigenvalue weighted by Gasteiger charge is -2.36. The summed E-state index contributed by atoms with van der Waals surface area (Å²) in [5, 5.41) is 1.01. The number of fused-ring (bicyclic) bond motifs is 1. The summed E-state index contributed by atoms with van der Waals surface area (Å²) in [5.74, 6) is 0.557. The molecule has 0 N–H and O–H groups in total. The number of piperazine rings is 1. The molecule has 7 nitrogen and oxygen atoms in total. The molecule has 0 saturated carbocycles. The molecule has 0 atom stereocenters. The monoisotopic (exact) mass is 537 g/mol. The molecule has 1 aliphatic heterocycles. The molecule has 0 radical (unpaired) electrons. The number of halogens is 1. The van der Waals surface area contributed by atoms with Crippen LogP contribution in [0.4, 0.5) is 5.69 Å². The molecule has 9 heteroatoms. The molecule has 1 aromatic heterocycles. The molecular weight excluding hydrogens is 510 g/mol. The number of carbonyl (C=O) groups excluding carboxylic acids is 1. The van der Waals surface area contributed by atoms with Crippen LogP contribution in [0.1, 0.15) is 5.56 Å². The number of rotatable bonds is 7. The molecule has 0 bridgehead atoms. The molecule has 37 heavy (non-hydrogen) atoms. The van der Waals surface area contributed by atoms with E-state index >= 15 is 0 Å². The van der Waals surface area contributed by atoms with Gasteiger partial charge in [-0.3, -0.25) is 4.79 Å². The Morgan fingerprint density at radius 1 is 0.919 bits per heavy atom. The lowest BCUT2D eigenvalue weighted by Crippen LogP contribution is -2.49. The van der Waals surface area contributed by atoms with E-state index in [1.807, 2.05) is 41.3 Å². The van der Waals surface area contributed by atoms with E-state index < -0.39 is 9.84 Å². The summed E-state index contributed by atoms with van der Waals surface area (Å²) >= 11 is 6.23. The second-order valence-corrected chi connectivity index (χ2v) is 11.4. The van der Waals surface area contributed by atoms with Gasteiger partial charge in [-0.1, -0.05) is 60.1 Å². The number of carbonyl (C=O) groups is 1. The molecule has 3 aromatic carbocycles. The van der Waals surface area contributed by atoms with Gasteiger partial charge in [-0.25, -0.2) is 8.42 Å². The molecule has 1 aliphatic rings. The third-order valence-corrected chi connectivity index (χ3v) is 8.81. The average molecular weight is 538 g/mol. The molecule has 5 rings (SSSR count). The summed E-state index contributed by atoms with van der Waals surface area (Å²) in [6.07, 6.45) is 1.58. The van der Waals surface area contributed by atoms with Gasteiger partial charge in [-0.05, 0) is 29.8 Å². The van der Waals surface area contributed by atoms with Crippen LogP contribution in [-0.2, 0) is 26.9 Å². The Labute approximate surface area is 221 Å². The van der Waals surface area contributed by atoms with Gasteiger partial charge in [-0.15, -0.1) is 0 Å². The topological polar surface area (TPSA) is 71.8 Å². The number of sulfone groups is 1. The summed E-state index contributed by atoms with van der Waals surface area (Å²) < 4.78 is 34.0. The van der Waals surface area contributed by atoms with Crippen LogP contribution in [0.2, 0.25) is 5.02 Å². The van der Waals surface area contributed by atoms with Gasteiger partial charge < -0.3 is 19.1 Å². The fourth-order valence-corrected chi connectivity index (χ4v) is 6.72. The summed E-state index contributed by atoms with van der Waals surface area (Å²) in [6, 6.07) is 22.1. The van der Waals surface area contributed by atoms with E-state index in [-0.39, 0.29) is 23.1 Å². The summed E-state index contributed by atoms with van der Waals surface area (Å²) in [5.41, 5.74) is 2.27. The summed E-state index contributed by atoms with van der Waals surface area (Å²) in [7, 11) is -2.04. The van der Waals surface area contributed by atoms with Crippen molar-refractivity contribution in [3.63, 3.8) is 0 Å². The Kier molecular flexibility index (Phi) is 7.13. The van der Waals surface area contributed by atoms with Crippen LogP contribution in [-0.4, -0.2) is 57.1 Å². The van der Waals surface area contributed by atoms with Crippen LogP contribution in [0.15, 0.2) is 83.9 Å². The number of methoxy groups -OCH3 is 1. The van der Waals surface area contributed by atoms with Gasteiger partial charge in [-0.2, -0.15) is 0 Å². The first-order chi connectivity index (χ1) is 17.9. The van der Waals surface area contributed by atoms with Crippen LogP contribution >= 0.6 is 11.6 Å². The maximum absolute atomic E-state index is 13.4. The fraction of sp³-hybridized carbons (Fsp3) is 0.250. The Bertz CT molecular complexity index is 1540. The van der Waals surface area contributed by atoms with Crippen LogP contribution in [0.5, 0.6) is 5.75 Å². The second kappa shape index (κ2) is 10.5. The lowest BCUT2D eigenvalue weighted by molar-refractivity contribution is -0.132. The molecular formula is C28H28ClN3O4S. The van der Waals surface area contributed by atoms with Gasteiger partial charge >= 0.3 is 0 Å². The van der Waals surface area contributed by atoms with E-state index in [9.17, 15) is 13.2 Å². The zero-order chi connectivity index (χ0) is 26.0. The van der Waals surface area contributed by atoms with Gasteiger partial charge in [0, 0.05) is 48.3 Å². The zero-order valence-corrected chi connectivity index (χ0v) is 22.1. The highest BCUT2D eigenvalue weighted by Gasteiger charge is 2.26. The number of para-hydroxylation sites is 3. The molecule has 1 fully saturated rings. The quantitative estimate of drug-likeness (QED) is 0.344. The van der Waals surface area contributed by atoms with Crippen LogP contribution in [0.3, 0.4) is 0 Å². The van der Waals surface area contributed by atoms with E-state index in [2.05, 4.69) is 4.90 Å². The van der Waals surface area contributed by atoms with Crippen LogP contribution in [0, 0.1) is 0 Å². The van der Waals surface area contributed by atoms with Crippen molar-refractivity contribution in [2.75, 3.05) is 38.2 Å². The van der Waals surface area contributed by atoms with Crippen molar-refractivity contribution in [1.82, 2.24) is 9.47 Å². The second-order valence-electron chi connectivity index (χ2n) is 9.03. The van der Waals surface area contributed by atoms with E-state index in [4.69, 9.17) is 16.3 Å². The van der Waals surface area contributed by atoms with E-state index in [0.717, 1.165) is 11.4 Å². The van der Waals surface area contributed by atoms with Crippen molar-refractivity contribution >= 4 is 43.9 Å². The average Bonchev–Trinajstić information content (AvgIpc) is 3.29. The van der Waals surface area contributed by atoms with Crippen molar-refractivity contribution in [2.24, 2.45) is 0 Å². The third-order valence-electron chi connectivity index (χ3n) is 6.75. The number of anilines is 1. The molecule has 1 saturated heterocycles. The highest BCUT2D eigenvalue weighted by atomic mass is 35.5. The third kappa shape index (κ3) is 5.17. The number of hydrogen-bond acceptors (Lipinski definition) is 5. The van der Waals surface area contributed by atoms with Gasteiger partial charge in [0.25, 0.3) is 0 Å². The first-order valence-electron chi connectivity index (χ1n) is 12.1. The minimum atomic E-state index is -3.70. The van der Waals surface area contributed by atoms with Gasteiger partial charge in [0.1, 0.15) is 12.3 Å². The van der Waals surface area contributed by atoms with Crippen molar-refractivity contribution in [3.05, 3.63) is 89.6 Å². The molecule has 4 aromatic rings. The smallest absolute Gasteiger partial charge is 0.242 e. The van der Waals surface area contributed by atoms with Gasteiger partial charge in [0.05, 0.1) is 23.4 Å². The molecule has 192 valence electrons. The number of nitrogens with zero attached hydrogens (tertiary/aromatic N) is 3. The number of benzene rings is 3. The molecule has 0 spiro atoms. The zero-order valence-electron chi connectivity index (χ0n) is 20.5. The summed E-state index contributed by atoms with van der Waals surface area (Å²) in [6.45, 7) is 2.60. The maximum Gasteiger partial charge on any atom is 0.242 e. The van der Waals surface area contributed by atoms with Crippen LogP contribution in [0.25, 0.3) is 10.9 Å². The lowest BCUT2D eigenvalue weighted by atomic mass is 10.2. The van der Waals surface area contributed by atoms with Crippen molar-refractivity contribution in [1.29, 1.82) is 0 Å². The minimum Gasteiger partial charge on any atom is -0.495 e. The Hall–Kier alpha value is -3.49. The van der Waals surface area contributed by atoms with E-state index in [0.29, 0.717) is 47.7 Å². The Balaban J connectivity index is 1.34. The van der Waals surface area contributed by atoms with Gasteiger partial charge in [0.2, 0.25) is 5.91 Å². The van der Waals surface area contributed by atoms with E-state index in [1.54, 1.807) is 54.3 Å². The number of aromatic nitrogens is 1. The van der Waals surface area contributed by atoms with Gasteiger partial charge in [0.15, 0.2) is 9.84 Å². The SMILES string of the molecule is COc1ccccc1N1CCN(C(=O)Cn2cc(S(=O)(=O)Cc3ccccc3Cl)c3ccccc32)CC1. The molecule has 2 heterocycles. The fourth-order valence-electron chi connectivity index (χ4n) is 4.82. The highest BCUT2D eigenvalue weighted by molar-refractivity contribution is 7.90.